The fourth-order valence-corrected chi connectivity index (χ4v) is 1.46. The summed E-state index contributed by atoms with van der Waals surface area (Å²) in [5.74, 6) is 2.11. The first-order valence-corrected chi connectivity index (χ1v) is 9.34. The van der Waals surface area contributed by atoms with Crippen LogP contribution in [0.1, 0.15) is 60.6 Å². The molecule has 2 N–H and O–H groups in total. The summed E-state index contributed by atoms with van der Waals surface area (Å²) in [5, 5.41) is 26.5. The molecule has 0 aliphatic carbocycles. The van der Waals surface area contributed by atoms with Crippen LogP contribution in [0.2, 0.25) is 0 Å². The lowest BCUT2D eigenvalue weighted by atomic mass is 10.1. The monoisotopic (exact) mass is 463 g/mol. The molecule has 28 heavy (non-hydrogen) atoms. The zero-order valence-corrected chi connectivity index (χ0v) is 18.4. The maximum atomic E-state index is 10.7. The Balaban J connectivity index is -0.000000378. The number of halogens is 1. The maximum absolute atomic E-state index is 10.7. The van der Waals surface area contributed by atoms with E-state index in [1.54, 1.807) is 38.6 Å². The summed E-state index contributed by atoms with van der Waals surface area (Å²) in [6.45, 7) is 8.46. The molecule has 0 aliphatic rings. The SMILES string of the molecule is C.C#CC(C)(C)O.CC(=O)CCn1cc(C(C)(C)O)nn1.COC(=O)CCBr. The molecule has 0 saturated heterocycles. The van der Waals surface area contributed by atoms with E-state index in [1.165, 1.54) is 14.0 Å². The number of alkyl halides is 1. The highest BCUT2D eigenvalue weighted by Crippen LogP contribution is 2.15. The molecule has 0 saturated carbocycles. The van der Waals surface area contributed by atoms with Gasteiger partial charge < -0.3 is 14.9 Å². The van der Waals surface area contributed by atoms with Gasteiger partial charge in [-0.1, -0.05) is 34.5 Å². The number of terminal acetylenes is 1. The summed E-state index contributed by atoms with van der Waals surface area (Å²) in [5.41, 5.74) is -1.39. The molecule has 0 fully saturated rings. The third kappa shape index (κ3) is 19.0. The minimum absolute atomic E-state index is 0. The van der Waals surface area contributed by atoms with Gasteiger partial charge in [-0.25, -0.2) is 0 Å². The second-order valence-electron chi connectivity index (χ2n) is 6.60. The van der Waals surface area contributed by atoms with Gasteiger partial charge in [0.2, 0.25) is 0 Å². The first-order chi connectivity index (χ1) is 12.3. The highest BCUT2D eigenvalue weighted by Gasteiger charge is 2.19. The number of hydrogen-bond donors (Lipinski definition) is 2. The molecule has 0 bridgehead atoms. The number of methoxy groups -OCH3 is 1. The number of esters is 1. The fourth-order valence-electron chi connectivity index (χ4n) is 1.14. The molecule has 0 radical (unpaired) electrons. The molecule has 0 aromatic carbocycles. The predicted octanol–water partition coefficient (Wildman–Crippen LogP) is 2.46. The van der Waals surface area contributed by atoms with E-state index in [-0.39, 0.29) is 19.2 Å². The molecule has 0 spiro atoms. The number of carbonyl (C=O) groups is 2. The highest BCUT2D eigenvalue weighted by atomic mass is 79.9. The van der Waals surface area contributed by atoms with Crippen LogP contribution in [-0.2, 0) is 26.5 Å². The Morgan fingerprint density at radius 1 is 1.29 bits per heavy atom. The Labute approximate surface area is 176 Å². The Bertz CT molecular complexity index is 610. The van der Waals surface area contributed by atoms with Gasteiger partial charge in [0, 0.05) is 18.3 Å². The Morgan fingerprint density at radius 2 is 1.79 bits per heavy atom. The lowest BCUT2D eigenvalue weighted by Gasteiger charge is -2.11. The number of carbonyl (C=O) groups excluding carboxylic acids is 2. The molecule has 0 amide bonds. The van der Waals surface area contributed by atoms with Crippen molar-refractivity contribution in [3.8, 4) is 12.3 Å². The van der Waals surface area contributed by atoms with Crippen LogP contribution in [0.4, 0.5) is 0 Å². The number of aromatic nitrogens is 3. The van der Waals surface area contributed by atoms with Gasteiger partial charge in [0.05, 0.1) is 19.7 Å². The summed E-state index contributed by atoms with van der Waals surface area (Å²) >= 11 is 3.09. The van der Waals surface area contributed by atoms with Gasteiger partial charge in [-0.2, -0.15) is 0 Å². The molecule has 0 aliphatic heterocycles. The molecule has 162 valence electrons. The Hall–Kier alpha value is -1.76. The molecule has 0 unspecified atom stereocenters. The standard InChI is InChI=1S/C9H15N3O2.C5H8O.C4H7BrO2.CH4/c1-7(13)4-5-12-6-8(10-11-12)9(2,3)14;1-4-5(2,3)6;1-7-4(6)2-3-5;/h6,14H,4-5H2,1-3H3;1,6H,2-3H3;2-3H2,1H3;1H4. The second kappa shape index (κ2) is 15.2. The quantitative estimate of drug-likeness (QED) is 0.378. The van der Waals surface area contributed by atoms with E-state index < -0.39 is 11.2 Å². The Kier molecular flexibility index (Phi) is 16.8. The van der Waals surface area contributed by atoms with Crippen molar-refractivity contribution in [1.82, 2.24) is 15.0 Å². The highest BCUT2D eigenvalue weighted by molar-refractivity contribution is 9.09. The minimum Gasteiger partial charge on any atom is -0.469 e. The van der Waals surface area contributed by atoms with E-state index in [1.807, 2.05) is 0 Å². The lowest BCUT2D eigenvalue weighted by molar-refractivity contribution is -0.140. The van der Waals surface area contributed by atoms with Gasteiger partial charge in [-0.3, -0.25) is 14.3 Å². The van der Waals surface area contributed by atoms with Gasteiger partial charge >= 0.3 is 5.97 Å². The fraction of sp³-hybridized carbons (Fsp3) is 0.684. The van der Waals surface area contributed by atoms with Crippen LogP contribution in [0.5, 0.6) is 0 Å². The molecular formula is C19H34BrN3O5. The summed E-state index contributed by atoms with van der Waals surface area (Å²) < 4.78 is 5.89. The molecule has 9 heteroatoms. The normalized spacial score (nSPS) is 10.1. The molecule has 0 atom stereocenters. The van der Waals surface area contributed by atoms with Crippen molar-refractivity contribution in [1.29, 1.82) is 0 Å². The summed E-state index contributed by atoms with van der Waals surface area (Å²) in [6, 6.07) is 0. The lowest BCUT2D eigenvalue weighted by Crippen LogP contribution is -2.15. The van der Waals surface area contributed by atoms with Crippen LogP contribution in [0.15, 0.2) is 6.20 Å². The maximum Gasteiger partial charge on any atom is 0.306 e. The largest absolute Gasteiger partial charge is 0.469 e. The van der Waals surface area contributed by atoms with E-state index in [0.717, 1.165) is 0 Å². The first-order valence-electron chi connectivity index (χ1n) is 8.22. The van der Waals surface area contributed by atoms with Crippen molar-refractivity contribution < 1.29 is 24.5 Å². The van der Waals surface area contributed by atoms with E-state index in [0.29, 0.717) is 30.4 Å². The number of ketones is 1. The zero-order chi connectivity index (χ0) is 21.7. The number of nitrogens with zero attached hydrogens (tertiary/aromatic N) is 3. The van der Waals surface area contributed by atoms with Crippen LogP contribution < -0.4 is 0 Å². The van der Waals surface area contributed by atoms with E-state index >= 15 is 0 Å². The molecule has 1 aromatic rings. The summed E-state index contributed by atoms with van der Waals surface area (Å²) in [6.07, 6.45) is 7.36. The molecule has 1 rings (SSSR count). The van der Waals surface area contributed by atoms with E-state index in [2.05, 4.69) is 36.9 Å². The topological polar surface area (TPSA) is 115 Å². The van der Waals surface area contributed by atoms with Crippen molar-refractivity contribution in [2.45, 2.75) is 72.6 Å². The number of rotatable bonds is 6. The number of Topliss-reactive ketones (excluding diaryl/α,β-unsaturated/α-hetero) is 1. The zero-order valence-electron chi connectivity index (χ0n) is 16.8. The third-order valence-electron chi connectivity index (χ3n) is 2.74. The summed E-state index contributed by atoms with van der Waals surface area (Å²) in [7, 11) is 1.38. The van der Waals surface area contributed by atoms with Crippen molar-refractivity contribution >= 4 is 27.7 Å². The average Bonchev–Trinajstić information content (AvgIpc) is 3.03. The van der Waals surface area contributed by atoms with Gasteiger partial charge in [0.25, 0.3) is 0 Å². The van der Waals surface area contributed by atoms with Crippen molar-refractivity contribution in [2.24, 2.45) is 0 Å². The van der Waals surface area contributed by atoms with Crippen LogP contribution in [0.3, 0.4) is 0 Å². The van der Waals surface area contributed by atoms with Crippen LogP contribution in [0, 0.1) is 12.3 Å². The number of aliphatic hydroxyl groups is 2. The third-order valence-corrected chi connectivity index (χ3v) is 3.13. The molecule has 1 aromatic heterocycles. The molecule has 1 heterocycles. The van der Waals surface area contributed by atoms with Gasteiger partial charge in [-0.05, 0) is 34.6 Å². The summed E-state index contributed by atoms with van der Waals surface area (Å²) in [4.78, 5) is 20.9. The van der Waals surface area contributed by atoms with E-state index in [4.69, 9.17) is 11.5 Å². The molecule has 8 nitrogen and oxygen atoms in total. The Morgan fingerprint density at radius 3 is 2.04 bits per heavy atom. The van der Waals surface area contributed by atoms with E-state index in [9.17, 15) is 14.7 Å². The second-order valence-corrected chi connectivity index (χ2v) is 7.39. The smallest absolute Gasteiger partial charge is 0.306 e. The van der Waals surface area contributed by atoms with Crippen molar-refractivity contribution in [3.63, 3.8) is 0 Å². The first kappa shape index (κ1) is 31.0. The van der Waals surface area contributed by atoms with Gasteiger partial charge in [-0.15, -0.1) is 11.5 Å². The predicted molar refractivity (Wildman–Crippen MR) is 113 cm³/mol. The molecular weight excluding hydrogens is 430 g/mol. The van der Waals surface area contributed by atoms with Gasteiger partial charge in [0.15, 0.2) is 0 Å². The van der Waals surface area contributed by atoms with Crippen LogP contribution in [0.25, 0.3) is 0 Å². The van der Waals surface area contributed by atoms with Crippen molar-refractivity contribution in [2.75, 3.05) is 12.4 Å². The van der Waals surface area contributed by atoms with Crippen molar-refractivity contribution in [3.05, 3.63) is 11.9 Å². The minimum atomic E-state index is -0.978. The van der Waals surface area contributed by atoms with Gasteiger partial charge in [0.1, 0.15) is 22.7 Å². The number of aryl methyl sites for hydroxylation is 1. The number of hydrogen-bond acceptors (Lipinski definition) is 7. The average molecular weight is 464 g/mol. The van der Waals surface area contributed by atoms with Crippen LogP contribution in [-0.4, -0.2) is 55.0 Å². The number of ether oxygens (including phenoxy) is 1. The van der Waals surface area contributed by atoms with Crippen LogP contribution >= 0.6 is 15.9 Å².